The molecule has 0 aromatic rings. The third-order valence-electron chi connectivity index (χ3n) is 2.62. The number of nitrogens with one attached hydrogen (secondary N) is 1. The average Bonchev–Trinajstić information content (AvgIpc) is 2.22. The van der Waals surface area contributed by atoms with E-state index in [4.69, 9.17) is 10.00 Å². The van der Waals surface area contributed by atoms with Crippen LogP contribution in [0.1, 0.15) is 40.0 Å². The minimum atomic E-state index is -0.446. The Kier molecular flexibility index (Phi) is 7.37. The van der Waals surface area contributed by atoms with E-state index in [0.29, 0.717) is 6.61 Å². The predicted molar refractivity (Wildman–Crippen MR) is 62.6 cm³/mol. The Morgan fingerprint density at radius 1 is 1.40 bits per heavy atom. The second-order valence-electron chi connectivity index (χ2n) is 4.59. The van der Waals surface area contributed by atoms with Crippen molar-refractivity contribution < 1.29 is 4.74 Å². The molecule has 0 saturated carbocycles. The van der Waals surface area contributed by atoms with Crippen LogP contribution < -0.4 is 5.32 Å². The highest BCUT2D eigenvalue weighted by Crippen LogP contribution is 2.08. The summed E-state index contributed by atoms with van der Waals surface area (Å²) in [6, 6.07) is 2.25. The van der Waals surface area contributed by atoms with Crippen LogP contribution in [0.5, 0.6) is 0 Å². The fourth-order valence-electron chi connectivity index (χ4n) is 1.21. The summed E-state index contributed by atoms with van der Waals surface area (Å²) < 4.78 is 5.49. The van der Waals surface area contributed by atoms with Crippen molar-refractivity contribution in [3.05, 3.63) is 0 Å². The number of ether oxygens (including phenoxy) is 1. The highest BCUT2D eigenvalue weighted by atomic mass is 16.5. The molecule has 0 spiro atoms. The van der Waals surface area contributed by atoms with Crippen molar-refractivity contribution in [2.75, 3.05) is 20.3 Å². The quantitative estimate of drug-likeness (QED) is 0.628. The van der Waals surface area contributed by atoms with Crippen LogP contribution in [0.3, 0.4) is 0 Å². The summed E-state index contributed by atoms with van der Waals surface area (Å²) in [6.45, 7) is 7.79. The fraction of sp³-hybridized carbons (Fsp3) is 0.917. The third kappa shape index (κ3) is 7.35. The van der Waals surface area contributed by atoms with Gasteiger partial charge in [-0.15, -0.1) is 0 Å². The second-order valence-corrected chi connectivity index (χ2v) is 4.59. The average molecular weight is 212 g/mol. The Labute approximate surface area is 93.8 Å². The lowest BCUT2D eigenvalue weighted by Crippen LogP contribution is -2.39. The largest absolute Gasteiger partial charge is 0.381 e. The van der Waals surface area contributed by atoms with Gasteiger partial charge < -0.3 is 10.1 Å². The van der Waals surface area contributed by atoms with E-state index < -0.39 is 5.54 Å². The maximum atomic E-state index is 8.89. The van der Waals surface area contributed by atoms with E-state index in [1.165, 1.54) is 6.42 Å². The Morgan fingerprint density at radius 3 is 2.53 bits per heavy atom. The smallest absolute Gasteiger partial charge is 0.105 e. The maximum Gasteiger partial charge on any atom is 0.105 e. The molecule has 1 N–H and O–H groups in total. The standard InChI is InChI=1S/C12H24N2O/c1-11(2)6-5-8-15-9-7-12(3,10-13)14-4/h11,14H,5-9H2,1-4H3. The van der Waals surface area contributed by atoms with Crippen molar-refractivity contribution in [2.24, 2.45) is 5.92 Å². The molecular formula is C12H24N2O. The maximum absolute atomic E-state index is 8.89. The van der Waals surface area contributed by atoms with Crippen molar-refractivity contribution in [1.29, 1.82) is 5.26 Å². The molecule has 0 heterocycles. The molecule has 0 radical (unpaired) electrons. The van der Waals surface area contributed by atoms with Crippen LogP contribution in [0, 0.1) is 17.2 Å². The zero-order valence-corrected chi connectivity index (χ0v) is 10.5. The van der Waals surface area contributed by atoms with Gasteiger partial charge in [-0.25, -0.2) is 0 Å². The van der Waals surface area contributed by atoms with E-state index in [2.05, 4.69) is 25.2 Å². The first-order valence-electron chi connectivity index (χ1n) is 5.72. The van der Waals surface area contributed by atoms with E-state index in [9.17, 15) is 0 Å². The summed E-state index contributed by atoms with van der Waals surface area (Å²) in [6.07, 6.45) is 3.06. The lowest BCUT2D eigenvalue weighted by Gasteiger charge is -2.20. The van der Waals surface area contributed by atoms with Crippen LogP contribution in [0.4, 0.5) is 0 Å². The molecular weight excluding hydrogens is 188 g/mol. The Morgan fingerprint density at radius 2 is 2.07 bits per heavy atom. The lowest BCUT2D eigenvalue weighted by molar-refractivity contribution is 0.114. The van der Waals surface area contributed by atoms with Gasteiger partial charge in [0.2, 0.25) is 0 Å². The highest BCUT2D eigenvalue weighted by molar-refractivity contribution is 5.02. The van der Waals surface area contributed by atoms with E-state index in [-0.39, 0.29) is 0 Å². The molecule has 0 saturated heterocycles. The Hall–Kier alpha value is -0.590. The number of rotatable bonds is 8. The topological polar surface area (TPSA) is 45.0 Å². The summed E-state index contributed by atoms with van der Waals surface area (Å²) in [7, 11) is 1.81. The normalized spacial score (nSPS) is 14.9. The van der Waals surface area contributed by atoms with E-state index in [0.717, 1.165) is 25.4 Å². The van der Waals surface area contributed by atoms with Gasteiger partial charge in [0, 0.05) is 19.6 Å². The van der Waals surface area contributed by atoms with Crippen LogP contribution in [-0.4, -0.2) is 25.8 Å². The van der Waals surface area contributed by atoms with E-state index in [1.807, 2.05) is 14.0 Å². The molecule has 0 rings (SSSR count). The first kappa shape index (κ1) is 14.4. The monoisotopic (exact) mass is 212 g/mol. The van der Waals surface area contributed by atoms with Gasteiger partial charge in [-0.2, -0.15) is 5.26 Å². The first-order valence-corrected chi connectivity index (χ1v) is 5.72. The first-order chi connectivity index (χ1) is 7.04. The van der Waals surface area contributed by atoms with Crippen LogP contribution in [0.2, 0.25) is 0 Å². The minimum absolute atomic E-state index is 0.446. The zero-order chi connectivity index (χ0) is 11.7. The van der Waals surface area contributed by atoms with Crippen molar-refractivity contribution in [3.63, 3.8) is 0 Å². The zero-order valence-electron chi connectivity index (χ0n) is 10.5. The summed E-state index contributed by atoms with van der Waals surface area (Å²) in [5.41, 5.74) is -0.446. The summed E-state index contributed by atoms with van der Waals surface area (Å²) in [5, 5.41) is 11.9. The van der Waals surface area contributed by atoms with Crippen LogP contribution in [-0.2, 0) is 4.74 Å². The molecule has 3 heteroatoms. The fourth-order valence-corrected chi connectivity index (χ4v) is 1.21. The third-order valence-corrected chi connectivity index (χ3v) is 2.62. The predicted octanol–water partition coefficient (Wildman–Crippen LogP) is 2.33. The molecule has 3 nitrogen and oxygen atoms in total. The molecule has 0 fully saturated rings. The van der Waals surface area contributed by atoms with E-state index in [1.54, 1.807) is 0 Å². The lowest BCUT2D eigenvalue weighted by atomic mass is 10.0. The van der Waals surface area contributed by atoms with Gasteiger partial charge in [-0.05, 0) is 32.7 Å². The van der Waals surface area contributed by atoms with Gasteiger partial charge >= 0.3 is 0 Å². The van der Waals surface area contributed by atoms with Gasteiger partial charge in [0.15, 0.2) is 0 Å². The van der Waals surface area contributed by atoms with Crippen LogP contribution in [0.15, 0.2) is 0 Å². The molecule has 0 aromatic carbocycles. The molecule has 0 aromatic heterocycles. The van der Waals surface area contributed by atoms with Gasteiger partial charge in [0.05, 0.1) is 6.07 Å². The van der Waals surface area contributed by atoms with Crippen molar-refractivity contribution in [1.82, 2.24) is 5.32 Å². The number of nitrogens with zero attached hydrogens (tertiary/aromatic N) is 1. The molecule has 0 aliphatic heterocycles. The summed E-state index contributed by atoms with van der Waals surface area (Å²) >= 11 is 0. The minimum Gasteiger partial charge on any atom is -0.381 e. The Balaban J connectivity index is 3.43. The van der Waals surface area contributed by atoms with Crippen LogP contribution >= 0.6 is 0 Å². The molecule has 1 atom stereocenters. The van der Waals surface area contributed by atoms with Crippen molar-refractivity contribution in [2.45, 2.75) is 45.6 Å². The number of hydrogen-bond acceptors (Lipinski definition) is 3. The SMILES string of the molecule is CNC(C)(C#N)CCOCCCC(C)C. The highest BCUT2D eigenvalue weighted by Gasteiger charge is 2.20. The number of hydrogen-bond donors (Lipinski definition) is 1. The van der Waals surface area contributed by atoms with E-state index >= 15 is 0 Å². The molecule has 0 aliphatic carbocycles. The molecule has 0 aliphatic rings. The molecule has 0 bridgehead atoms. The van der Waals surface area contributed by atoms with Crippen LogP contribution in [0.25, 0.3) is 0 Å². The molecule has 15 heavy (non-hydrogen) atoms. The molecule has 88 valence electrons. The van der Waals surface area contributed by atoms with Crippen molar-refractivity contribution >= 4 is 0 Å². The van der Waals surface area contributed by atoms with Gasteiger partial charge in [0.25, 0.3) is 0 Å². The Bertz CT molecular complexity index is 198. The summed E-state index contributed by atoms with van der Waals surface area (Å²) in [5.74, 6) is 0.746. The second kappa shape index (κ2) is 7.67. The van der Waals surface area contributed by atoms with Gasteiger partial charge in [0.1, 0.15) is 5.54 Å². The summed E-state index contributed by atoms with van der Waals surface area (Å²) in [4.78, 5) is 0. The van der Waals surface area contributed by atoms with Crippen molar-refractivity contribution in [3.8, 4) is 6.07 Å². The molecule has 0 amide bonds. The molecule has 1 unspecified atom stereocenters. The number of nitriles is 1. The van der Waals surface area contributed by atoms with Gasteiger partial charge in [-0.1, -0.05) is 13.8 Å². The van der Waals surface area contributed by atoms with Gasteiger partial charge in [-0.3, -0.25) is 0 Å².